The number of carbonyl (C=O) groups excluding carboxylic acids is 1. The molecule has 7 heteroatoms. The number of nitrogens with zero attached hydrogens (tertiary/aromatic N) is 4. The lowest BCUT2D eigenvalue weighted by atomic mass is 9.97. The fraction of sp³-hybridized carbons (Fsp3) is 0.316. The average Bonchev–Trinajstić information content (AvgIpc) is 3.38. The van der Waals surface area contributed by atoms with E-state index in [1.807, 2.05) is 15.8 Å². The zero-order valence-electron chi connectivity index (χ0n) is 14.2. The number of hydrogen-bond donors (Lipinski definition) is 0. The van der Waals surface area contributed by atoms with E-state index in [-0.39, 0.29) is 5.91 Å². The van der Waals surface area contributed by atoms with Crippen LogP contribution in [0.15, 0.2) is 42.7 Å². The predicted octanol–water partition coefficient (Wildman–Crippen LogP) is 4.26. The van der Waals surface area contributed by atoms with Crippen molar-refractivity contribution in [3.05, 3.63) is 47.6 Å². The molecule has 0 N–H and O–H groups in total. The zero-order chi connectivity index (χ0) is 17.5. The highest BCUT2D eigenvalue weighted by atomic mass is 32.1. The largest absolute Gasteiger partial charge is 0.338 e. The molecule has 5 nitrogen and oxygen atoms in total. The maximum atomic E-state index is 12.9. The Kier molecular flexibility index (Phi) is 3.98. The third kappa shape index (κ3) is 2.81. The maximum Gasteiger partial charge on any atom is 0.263 e. The number of benzene rings is 1. The van der Waals surface area contributed by atoms with Crippen LogP contribution in [-0.2, 0) is 6.54 Å². The minimum atomic E-state index is 0.182. The van der Waals surface area contributed by atoms with Crippen LogP contribution < -0.4 is 0 Å². The first-order valence-corrected chi connectivity index (χ1v) is 10.5. The van der Waals surface area contributed by atoms with Crippen LogP contribution >= 0.6 is 22.7 Å². The van der Waals surface area contributed by atoms with Gasteiger partial charge in [0.2, 0.25) is 0 Å². The number of aromatic nitrogens is 3. The predicted molar refractivity (Wildman–Crippen MR) is 106 cm³/mol. The smallest absolute Gasteiger partial charge is 0.263 e. The van der Waals surface area contributed by atoms with Gasteiger partial charge in [0.15, 0.2) is 0 Å². The second-order valence-corrected chi connectivity index (χ2v) is 8.90. The Bertz CT molecular complexity index is 1060. The highest BCUT2D eigenvalue weighted by molar-refractivity contribution is 7.33. The van der Waals surface area contributed by atoms with Gasteiger partial charge in [-0.2, -0.15) is 0 Å². The molecule has 1 aliphatic heterocycles. The summed E-state index contributed by atoms with van der Waals surface area (Å²) in [6.45, 7) is 2.54. The van der Waals surface area contributed by atoms with E-state index in [9.17, 15) is 4.79 Å². The number of likely N-dealkylation sites (tertiary alicyclic amines) is 1. The number of rotatable bonds is 3. The molecule has 26 heavy (non-hydrogen) atoms. The molecule has 5 rings (SSSR count). The molecule has 1 saturated heterocycles. The Labute approximate surface area is 158 Å². The number of piperidine rings is 1. The molecule has 3 aromatic heterocycles. The van der Waals surface area contributed by atoms with E-state index < -0.39 is 0 Å². The van der Waals surface area contributed by atoms with Crippen LogP contribution in [0.25, 0.3) is 19.5 Å². The second kappa shape index (κ2) is 6.48. The summed E-state index contributed by atoms with van der Waals surface area (Å²) in [6, 6.07) is 10.5. The van der Waals surface area contributed by atoms with Crippen LogP contribution in [-0.4, -0.2) is 38.9 Å². The summed E-state index contributed by atoms with van der Waals surface area (Å²) < 4.78 is 5.65. The first-order valence-electron chi connectivity index (χ1n) is 8.82. The molecule has 0 atom stereocenters. The summed E-state index contributed by atoms with van der Waals surface area (Å²) >= 11 is 3.41. The molecule has 1 aromatic carbocycles. The van der Waals surface area contributed by atoms with Crippen molar-refractivity contribution < 1.29 is 4.79 Å². The van der Waals surface area contributed by atoms with Crippen LogP contribution in [0, 0.1) is 5.92 Å². The van der Waals surface area contributed by atoms with Gasteiger partial charge in [-0.05, 0) is 30.9 Å². The Hall–Kier alpha value is -2.25. The normalized spacial score (nSPS) is 15.9. The quantitative estimate of drug-likeness (QED) is 0.532. The molecule has 4 aromatic rings. The SMILES string of the molecule is O=C(c1cc2sc3ccccc3c2s1)N1CCC(Cn2ccnn2)CC1. The van der Waals surface area contributed by atoms with Gasteiger partial charge >= 0.3 is 0 Å². The van der Waals surface area contributed by atoms with E-state index in [1.54, 1.807) is 28.9 Å². The van der Waals surface area contributed by atoms with Gasteiger partial charge in [0.25, 0.3) is 5.91 Å². The van der Waals surface area contributed by atoms with Crippen molar-refractivity contribution in [2.45, 2.75) is 19.4 Å². The first-order chi connectivity index (χ1) is 12.8. The van der Waals surface area contributed by atoms with Crippen molar-refractivity contribution in [1.29, 1.82) is 0 Å². The van der Waals surface area contributed by atoms with E-state index in [1.165, 1.54) is 19.5 Å². The summed E-state index contributed by atoms with van der Waals surface area (Å²) in [4.78, 5) is 15.8. The molecule has 132 valence electrons. The highest BCUT2D eigenvalue weighted by Gasteiger charge is 2.25. The van der Waals surface area contributed by atoms with Crippen molar-refractivity contribution >= 4 is 48.1 Å². The van der Waals surface area contributed by atoms with E-state index in [4.69, 9.17) is 0 Å². The Morgan fingerprint density at radius 1 is 1.15 bits per heavy atom. The molecule has 0 radical (unpaired) electrons. The summed E-state index contributed by atoms with van der Waals surface area (Å²) in [5, 5.41) is 9.17. The van der Waals surface area contributed by atoms with Crippen LogP contribution in [0.5, 0.6) is 0 Å². The summed E-state index contributed by atoms with van der Waals surface area (Å²) in [6.07, 6.45) is 5.66. The molecule has 0 bridgehead atoms. The van der Waals surface area contributed by atoms with Gasteiger partial charge in [-0.1, -0.05) is 23.4 Å². The summed E-state index contributed by atoms with van der Waals surface area (Å²) in [5.41, 5.74) is 0. The van der Waals surface area contributed by atoms with Crippen molar-refractivity contribution in [3.8, 4) is 0 Å². The van der Waals surface area contributed by atoms with Gasteiger partial charge in [0, 0.05) is 40.6 Å². The summed E-state index contributed by atoms with van der Waals surface area (Å²) in [7, 11) is 0. The molecule has 1 aliphatic rings. The van der Waals surface area contributed by atoms with E-state index in [0.717, 1.165) is 37.4 Å². The van der Waals surface area contributed by atoms with Crippen molar-refractivity contribution in [2.75, 3.05) is 13.1 Å². The lowest BCUT2D eigenvalue weighted by molar-refractivity contribution is 0.0686. The maximum absolute atomic E-state index is 12.9. The van der Waals surface area contributed by atoms with Crippen molar-refractivity contribution in [3.63, 3.8) is 0 Å². The second-order valence-electron chi connectivity index (χ2n) is 6.76. The van der Waals surface area contributed by atoms with E-state index in [0.29, 0.717) is 5.92 Å². The minimum absolute atomic E-state index is 0.182. The molecule has 1 amide bonds. The molecule has 0 spiro atoms. The number of carbonyl (C=O) groups is 1. The van der Waals surface area contributed by atoms with Crippen LogP contribution in [0.2, 0.25) is 0 Å². The highest BCUT2D eigenvalue weighted by Crippen LogP contribution is 2.39. The Morgan fingerprint density at radius 3 is 2.81 bits per heavy atom. The third-order valence-electron chi connectivity index (χ3n) is 5.08. The standard InChI is InChI=1S/C19H18N4OS2/c24-19(22-8-5-13(6-9-22)12-23-10-7-20-21-23)17-11-16-18(26-17)14-3-1-2-4-15(14)25-16/h1-4,7,10-11,13H,5-6,8-9,12H2. The molecule has 0 unspecified atom stereocenters. The van der Waals surface area contributed by atoms with Gasteiger partial charge in [-0.15, -0.1) is 27.8 Å². The first kappa shape index (κ1) is 16.0. The fourth-order valence-corrected chi connectivity index (χ4v) is 6.17. The number of fused-ring (bicyclic) bond motifs is 3. The topological polar surface area (TPSA) is 51.0 Å². The number of thiophene rings is 2. The monoisotopic (exact) mass is 382 g/mol. The zero-order valence-corrected chi connectivity index (χ0v) is 15.8. The van der Waals surface area contributed by atoms with Gasteiger partial charge < -0.3 is 4.90 Å². The van der Waals surface area contributed by atoms with Crippen molar-refractivity contribution in [2.24, 2.45) is 5.92 Å². The van der Waals surface area contributed by atoms with Crippen LogP contribution in [0.3, 0.4) is 0 Å². The average molecular weight is 383 g/mol. The lowest BCUT2D eigenvalue weighted by Gasteiger charge is -2.31. The Morgan fingerprint density at radius 2 is 2.00 bits per heavy atom. The minimum Gasteiger partial charge on any atom is -0.338 e. The molecule has 4 heterocycles. The lowest BCUT2D eigenvalue weighted by Crippen LogP contribution is -2.39. The van der Waals surface area contributed by atoms with Crippen LogP contribution in [0.4, 0.5) is 0 Å². The molecular weight excluding hydrogens is 364 g/mol. The Balaban J connectivity index is 1.30. The van der Waals surface area contributed by atoms with E-state index >= 15 is 0 Å². The van der Waals surface area contributed by atoms with Gasteiger partial charge in [-0.25, -0.2) is 0 Å². The fourth-order valence-electron chi connectivity index (χ4n) is 3.67. The van der Waals surface area contributed by atoms with Gasteiger partial charge in [-0.3, -0.25) is 9.48 Å². The third-order valence-corrected chi connectivity index (χ3v) is 7.48. The van der Waals surface area contributed by atoms with Gasteiger partial charge in [0.1, 0.15) is 0 Å². The summed E-state index contributed by atoms with van der Waals surface area (Å²) in [5.74, 6) is 0.748. The molecule has 1 fully saturated rings. The van der Waals surface area contributed by atoms with Crippen molar-refractivity contribution in [1.82, 2.24) is 19.9 Å². The van der Waals surface area contributed by atoms with Gasteiger partial charge in [0.05, 0.1) is 15.8 Å². The number of amides is 1. The number of hydrogen-bond acceptors (Lipinski definition) is 5. The molecule has 0 saturated carbocycles. The van der Waals surface area contributed by atoms with E-state index in [2.05, 4.69) is 40.6 Å². The molecular formula is C19H18N4OS2. The molecule has 0 aliphatic carbocycles. The van der Waals surface area contributed by atoms with Crippen LogP contribution in [0.1, 0.15) is 22.5 Å².